The molecule has 16 heavy (non-hydrogen) atoms. The van der Waals surface area contributed by atoms with Crippen LogP contribution in [0.5, 0.6) is 0 Å². The largest absolute Gasteiger partial charge is 0.347 e. The van der Waals surface area contributed by atoms with Crippen LogP contribution in [0.1, 0.15) is 12.5 Å². The third kappa shape index (κ3) is 4.14. The molecule has 0 aliphatic carbocycles. The third-order valence-corrected chi connectivity index (χ3v) is 3.22. The van der Waals surface area contributed by atoms with Gasteiger partial charge in [0.25, 0.3) is 0 Å². The molecule has 6 heteroatoms. The van der Waals surface area contributed by atoms with Crippen LogP contribution in [0, 0.1) is 0 Å². The SMILES string of the molecule is C[C@H](NC(=O)Cc1ccccc1)P(=O)(O)O. The predicted molar refractivity (Wildman–Crippen MR) is 59.8 cm³/mol. The predicted octanol–water partition coefficient (Wildman–Crippen LogP) is 0.869. The Hall–Kier alpha value is -1.16. The lowest BCUT2D eigenvalue weighted by molar-refractivity contribution is -0.120. The van der Waals surface area contributed by atoms with Gasteiger partial charge >= 0.3 is 7.60 Å². The van der Waals surface area contributed by atoms with Crippen LogP contribution in [-0.4, -0.2) is 21.5 Å². The van der Waals surface area contributed by atoms with Crippen molar-refractivity contribution in [3.8, 4) is 0 Å². The third-order valence-electron chi connectivity index (χ3n) is 2.08. The highest BCUT2D eigenvalue weighted by molar-refractivity contribution is 7.52. The van der Waals surface area contributed by atoms with E-state index in [-0.39, 0.29) is 6.42 Å². The van der Waals surface area contributed by atoms with Crippen molar-refractivity contribution < 1.29 is 19.1 Å². The van der Waals surface area contributed by atoms with E-state index in [2.05, 4.69) is 5.32 Å². The second kappa shape index (κ2) is 5.25. The van der Waals surface area contributed by atoms with Gasteiger partial charge in [-0.15, -0.1) is 0 Å². The lowest BCUT2D eigenvalue weighted by Gasteiger charge is -2.15. The van der Waals surface area contributed by atoms with Crippen molar-refractivity contribution in [3.05, 3.63) is 35.9 Å². The molecule has 0 bridgehead atoms. The molecule has 0 aromatic heterocycles. The monoisotopic (exact) mass is 243 g/mol. The molecule has 1 aromatic carbocycles. The summed E-state index contributed by atoms with van der Waals surface area (Å²) in [5.41, 5.74) is 0.804. The van der Waals surface area contributed by atoms with E-state index in [1.807, 2.05) is 6.07 Å². The molecule has 1 amide bonds. The molecule has 1 aromatic rings. The van der Waals surface area contributed by atoms with E-state index >= 15 is 0 Å². The minimum atomic E-state index is -4.25. The Morgan fingerprint density at radius 3 is 2.44 bits per heavy atom. The van der Waals surface area contributed by atoms with Crippen LogP contribution in [0.15, 0.2) is 30.3 Å². The van der Waals surface area contributed by atoms with Gasteiger partial charge in [0.2, 0.25) is 5.91 Å². The van der Waals surface area contributed by atoms with E-state index in [4.69, 9.17) is 9.79 Å². The smallest absolute Gasteiger partial charge is 0.342 e. The fourth-order valence-corrected chi connectivity index (χ4v) is 1.46. The van der Waals surface area contributed by atoms with Crippen LogP contribution < -0.4 is 5.32 Å². The fraction of sp³-hybridized carbons (Fsp3) is 0.300. The Labute approximate surface area is 93.7 Å². The number of carbonyl (C=O) groups excluding carboxylic acids is 1. The molecule has 0 heterocycles. The van der Waals surface area contributed by atoms with Crippen LogP contribution in [0.3, 0.4) is 0 Å². The van der Waals surface area contributed by atoms with Crippen molar-refractivity contribution in [1.29, 1.82) is 0 Å². The van der Waals surface area contributed by atoms with Gasteiger partial charge in [0.1, 0.15) is 5.78 Å². The molecule has 0 saturated carbocycles. The van der Waals surface area contributed by atoms with Gasteiger partial charge in [0.15, 0.2) is 0 Å². The van der Waals surface area contributed by atoms with Gasteiger partial charge in [-0.3, -0.25) is 9.36 Å². The summed E-state index contributed by atoms with van der Waals surface area (Å²) in [4.78, 5) is 29.0. The Kier molecular flexibility index (Phi) is 4.24. The molecule has 0 spiro atoms. The van der Waals surface area contributed by atoms with E-state index in [0.717, 1.165) is 5.56 Å². The second-order valence-corrected chi connectivity index (χ2v) is 5.45. The number of rotatable bonds is 4. The lowest BCUT2D eigenvalue weighted by atomic mass is 10.1. The molecule has 5 nitrogen and oxygen atoms in total. The van der Waals surface area contributed by atoms with E-state index in [9.17, 15) is 9.36 Å². The minimum absolute atomic E-state index is 0.116. The summed E-state index contributed by atoms with van der Waals surface area (Å²) in [5.74, 6) is -1.55. The molecule has 0 saturated heterocycles. The summed E-state index contributed by atoms with van der Waals surface area (Å²) in [7, 11) is -4.25. The van der Waals surface area contributed by atoms with Crippen LogP contribution in [0.25, 0.3) is 0 Å². The zero-order valence-corrected chi connectivity index (χ0v) is 9.72. The van der Waals surface area contributed by atoms with Crippen molar-refractivity contribution in [1.82, 2.24) is 5.32 Å². The Balaban J connectivity index is 2.52. The number of amides is 1. The molecule has 88 valence electrons. The molecule has 1 atom stereocenters. The second-order valence-electron chi connectivity index (χ2n) is 3.49. The molecule has 0 unspecified atom stereocenters. The van der Waals surface area contributed by atoms with Gasteiger partial charge in [0, 0.05) is 0 Å². The minimum Gasteiger partial charge on any atom is -0.342 e. The molecule has 1 rings (SSSR count). The van der Waals surface area contributed by atoms with E-state index in [0.29, 0.717) is 0 Å². The molecule has 0 aliphatic rings. The average Bonchev–Trinajstić information content (AvgIpc) is 2.17. The van der Waals surface area contributed by atoms with Crippen LogP contribution in [0.4, 0.5) is 0 Å². The highest BCUT2D eigenvalue weighted by Crippen LogP contribution is 2.38. The van der Waals surface area contributed by atoms with E-state index < -0.39 is 19.3 Å². The zero-order chi connectivity index (χ0) is 12.2. The molecular formula is C10H14NO4P. The maximum atomic E-state index is 11.4. The summed E-state index contributed by atoms with van der Waals surface area (Å²) in [6.45, 7) is 1.28. The van der Waals surface area contributed by atoms with Gasteiger partial charge in [-0.2, -0.15) is 0 Å². The number of hydrogen-bond acceptors (Lipinski definition) is 2. The van der Waals surface area contributed by atoms with Gasteiger partial charge in [0.05, 0.1) is 6.42 Å². The fourth-order valence-electron chi connectivity index (χ4n) is 1.15. The van der Waals surface area contributed by atoms with Gasteiger partial charge in [-0.25, -0.2) is 0 Å². The van der Waals surface area contributed by atoms with Crippen molar-refractivity contribution >= 4 is 13.5 Å². The quantitative estimate of drug-likeness (QED) is 0.685. The highest BCUT2D eigenvalue weighted by Gasteiger charge is 2.25. The van der Waals surface area contributed by atoms with Crippen molar-refractivity contribution in [3.63, 3.8) is 0 Å². The first-order valence-electron chi connectivity index (χ1n) is 4.78. The first-order valence-corrected chi connectivity index (χ1v) is 6.46. The summed E-state index contributed by atoms with van der Waals surface area (Å²) >= 11 is 0. The Bertz CT molecular complexity index is 401. The molecule has 0 aliphatic heterocycles. The van der Waals surface area contributed by atoms with Crippen LogP contribution in [-0.2, 0) is 15.8 Å². The van der Waals surface area contributed by atoms with Crippen molar-refractivity contribution in [2.24, 2.45) is 0 Å². The Morgan fingerprint density at radius 2 is 1.94 bits per heavy atom. The first-order chi connectivity index (χ1) is 7.39. The van der Waals surface area contributed by atoms with E-state index in [1.165, 1.54) is 6.92 Å². The summed E-state index contributed by atoms with van der Waals surface area (Å²) in [6, 6.07) is 8.99. The molecular weight excluding hydrogens is 229 g/mol. The normalized spacial score (nSPS) is 13.2. The Morgan fingerprint density at radius 1 is 1.38 bits per heavy atom. The molecule has 3 N–H and O–H groups in total. The lowest BCUT2D eigenvalue weighted by Crippen LogP contribution is -2.33. The number of benzene rings is 1. The van der Waals surface area contributed by atoms with Crippen molar-refractivity contribution in [2.75, 3.05) is 0 Å². The van der Waals surface area contributed by atoms with Crippen LogP contribution in [0.2, 0.25) is 0 Å². The first kappa shape index (κ1) is 12.9. The summed E-state index contributed by atoms with van der Waals surface area (Å²) in [5, 5.41) is 2.27. The topological polar surface area (TPSA) is 86.6 Å². The van der Waals surface area contributed by atoms with Crippen molar-refractivity contribution in [2.45, 2.75) is 19.1 Å². The number of nitrogens with one attached hydrogen (secondary N) is 1. The maximum Gasteiger partial charge on any atom is 0.347 e. The zero-order valence-electron chi connectivity index (χ0n) is 8.83. The van der Waals surface area contributed by atoms with Gasteiger partial charge in [-0.1, -0.05) is 30.3 Å². The van der Waals surface area contributed by atoms with E-state index in [1.54, 1.807) is 24.3 Å². The maximum absolute atomic E-state index is 11.4. The number of hydrogen-bond donors (Lipinski definition) is 3. The summed E-state index contributed by atoms with van der Waals surface area (Å²) in [6.07, 6.45) is 0.116. The van der Waals surface area contributed by atoms with Gasteiger partial charge in [-0.05, 0) is 12.5 Å². The summed E-state index contributed by atoms with van der Waals surface area (Å²) < 4.78 is 10.8. The van der Waals surface area contributed by atoms with Crippen LogP contribution >= 0.6 is 7.60 Å². The number of carbonyl (C=O) groups is 1. The van der Waals surface area contributed by atoms with Gasteiger partial charge < -0.3 is 15.1 Å². The molecule has 0 fully saturated rings. The molecule has 0 radical (unpaired) electrons. The average molecular weight is 243 g/mol. The highest BCUT2D eigenvalue weighted by atomic mass is 31.2. The standard InChI is InChI=1S/C10H14NO4P/c1-8(16(13,14)15)11-10(12)7-9-5-3-2-4-6-9/h2-6,8H,7H2,1H3,(H,11,12)(H2,13,14,15)/t8-/m1/s1.